The molecule has 0 radical (unpaired) electrons. The van der Waals surface area contributed by atoms with Gasteiger partial charge in [-0.2, -0.15) is 0 Å². The van der Waals surface area contributed by atoms with Crippen LogP contribution in [0.25, 0.3) is 0 Å². The van der Waals surface area contributed by atoms with Crippen molar-refractivity contribution in [2.24, 2.45) is 0 Å². The van der Waals surface area contributed by atoms with Crippen LogP contribution in [0.5, 0.6) is 0 Å². The van der Waals surface area contributed by atoms with Crippen LogP contribution in [-0.4, -0.2) is 24.1 Å². The Morgan fingerprint density at radius 1 is 1.32 bits per heavy atom. The Balaban J connectivity index is 2.38. The highest BCUT2D eigenvalue weighted by atomic mass is 79.9. The molecule has 0 fully saturated rings. The number of urea groups is 1. The fourth-order valence-electron chi connectivity index (χ4n) is 1.27. The first-order valence-corrected chi connectivity index (χ1v) is 6.58. The van der Waals surface area contributed by atoms with Crippen molar-refractivity contribution in [1.82, 2.24) is 5.32 Å². The number of carbonyl (C=O) groups is 2. The van der Waals surface area contributed by atoms with Gasteiger partial charge in [0.1, 0.15) is 12.1 Å². The maximum absolute atomic E-state index is 11.5. The fourth-order valence-corrected chi connectivity index (χ4v) is 1.67. The van der Waals surface area contributed by atoms with E-state index in [0.717, 1.165) is 4.47 Å². The number of benzene rings is 1. The molecule has 1 aromatic rings. The molecule has 1 aromatic carbocycles. The molecule has 6 heteroatoms. The Morgan fingerprint density at radius 2 is 2.00 bits per heavy atom. The molecular weight excluding hydrogens is 312 g/mol. The van der Waals surface area contributed by atoms with Gasteiger partial charge in [0.25, 0.3) is 0 Å². The Hall–Kier alpha value is -1.56. The molecule has 0 bridgehead atoms. The summed E-state index contributed by atoms with van der Waals surface area (Å²) in [6.07, 6.45) is 0. The van der Waals surface area contributed by atoms with Crippen LogP contribution >= 0.6 is 15.9 Å². The van der Waals surface area contributed by atoms with Gasteiger partial charge in [-0.1, -0.05) is 22.0 Å². The summed E-state index contributed by atoms with van der Waals surface area (Å²) in [5.41, 5.74) is 0.0792. The zero-order valence-electron chi connectivity index (χ0n) is 11.1. The largest absolute Gasteiger partial charge is 0.459 e. The molecule has 0 aliphatic rings. The Kier molecular flexibility index (Phi) is 5.35. The monoisotopic (exact) mass is 328 g/mol. The minimum atomic E-state index is -0.556. The fraction of sp³-hybridized carbons (Fsp3) is 0.385. The van der Waals surface area contributed by atoms with Crippen LogP contribution < -0.4 is 10.6 Å². The first kappa shape index (κ1) is 15.5. The average molecular weight is 329 g/mol. The number of hydrogen-bond acceptors (Lipinski definition) is 3. The van der Waals surface area contributed by atoms with Crippen LogP contribution in [0.15, 0.2) is 28.7 Å². The Labute approximate surface area is 120 Å². The van der Waals surface area contributed by atoms with Gasteiger partial charge in [0.15, 0.2) is 0 Å². The molecule has 1 rings (SSSR count). The van der Waals surface area contributed by atoms with Crippen molar-refractivity contribution in [3.8, 4) is 0 Å². The summed E-state index contributed by atoms with van der Waals surface area (Å²) in [4.78, 5) is 22.9. The number of rotatable bonds is 3. The molecule has 2 N–H and O–H groups in total. The van der Waals surface area contributed by atoms with E-state index in [-0.39, 0.29) is 6.54 Å². The molecule has 0 saturated heterocycles. The number of hydrogen-bond donors (Lipinski definition) is 2. The van der Waals surface area contributed by atoms with Gasteiger partial charge in [-0.05, 0) is 39.0 Å². The second-order valence-electron chi connectivity index (χ2n) is 4.90. The van der Waals surface area contributed by atoms with E-state index in [1.165, 1.54) is 0 Å². The zero-order valence-corrected chi connectivity index (χ0v) is 12.7. The number of anilines is 1. The molecule has 19 heavy (non-hydrogen) atoms. The minimum absolute atomic E-state index is 0.170. The van der Waals surface area contributed by atoms with Crippen molar-refractivity contribution >= 4 is 33.6 Å². The number of amides is 2. The molecule has 104 valence electrons. The van der Waals surface area contributed by atoms with Crippen molar-refractivity contribution in [3.05, 3.63) is 28.7 Å². The van der Waals surface area contributed by atoms with Gasteiger partial charge in [0.2, 0.25) is 0 Å². The number of halogens is 1. The van der Waals surface area contributed by atoms with Crippen LogP contribution in [0, 0.1) is 0 Å². The summed E-state index contributed by atoms with van der Waals surface area (Å²) in [5.74, 6) is -0.475. The van der Waals surface area contributed by atoms with Crippen molar-refractivity contribution in [2.75, 3.05) is 11.9 Å². The number of nitrogens with one attached hydrogen (secondary N) is 2. The molecule has 0 atom stereocenters. The highest BCUT2D eigenvalue weighted by Crippen LogP contribution is 2.15. The normalized spacial score (nSPS) is 10.7. The van der Waals surface area contributed by atoms with Crippen LogP contribution in [0.4, 0.5) is 10.5 Å². The summed E-state index contributed by atoms with van der Waals surface area (Å²) < 4.78 is 5.93. The zero-order chi connectivity index (χ0) is 14.5. The van der Waals surface area contributed by atoms with Crippen molar-refractivity contribution < 1.29 is 14.3 Å². The Bertz CT molecular complexity index is 469. The smallest absolute Gasteiger partial charge is 0.325 e. The number of carbonyl (C=O) groups excluding carboxylic acids is 2. The van der Waals surface area contributed by atoms with E-state index < -0.39 is 17.6 Å². The third-order valence-corrected chi connectivity index (χ3v) is 2.39. The molecular formula is C13H17BrN2O3. The van der Waals surface area contributed by atoms with Crippen LogP contribution in [0.2, 0.25) is 0 Å². The van der Waals surface area contributed by atoms with Gasteiger partial charge in [0.05, 0.1) is 0 Å². The summed E-state index contributed by atoms with van der Waals surface area (Å²) in [7, 11) is 0. The van der Waals surface area contributed by atoms with E-state index >= 15 is 0 Å². The molecule has 0 aliphatic heterocycles. The van der Waals surface area contributed by atoms with Gasteiger partial charge >= 0.3 is 12.0 Å². The maximum atomic E-state index is 11.5. The van der Waals surface area contributed by atoms with Crippen molar-refractivity contribution in [1.29, 1.82) is 0 Å². The van der Waals surface area contributed by atoms with E-state index in [2.05, 4.69) is 26.6 Å². The highest BCUT2D eigenvalue weighted by Gasteiger charge is 2.16. The molecule has 0 aliphatic carbocycles. The van der Waals surface area contributed by atoms with Crippen LogP contribution in [-0.2, 0) is 9.53 Å². The first-order chi connectivity index (χ1) is 8.76. The van der Waals surface area contributed by atoms with Gasteiger partial charge in [-0.25, -0.2) is 4.79 Å². The van der Waals surface area contributed by atoms with Gasteiger partial charge < -0.3 is 15.4 Å². The molecule has 0 aromatic heterocycles. The molecule has 0 spiro atoms. The summed E-state index contributed by atoms with van der Waals surface area (Å²) in [6.45, 7) is 5.14. The topological polar surface area (TPSA) is 67.4 Å². The maximum Gasteiger partial charge on any atom is 0.325 e. The lowest BCUT2D eigenvalue weighted by Crippen LogP contribution is -2.36. The van der Waals surface area contributed by atoms with Gasteiger partial charge in [-0.3, -0.25) is 4.79 Å². The number of ether oxygens (including phenoxy) is 1. The summed E-state index contributed by atoms with van der Waals surface area (Å²) >= 11 is 3.30. The van der Waals surface area contributed by atoms with E-state index in [9.17, 15) is 9.59 Å². The van der Waals surface area contributed by atoms with Crippen molar-refractivity contribution in [2.45, 2.75) is 26.4 Å². The predicted molar refractivity (Wildman–Crippen MR) is 77.0 cm³/mol. The first-order valence-electron chi connectivity index (χ1n) is 5.78. The molecule has 5 nitrogen and oxygen atoms in total. The van der Waals surface area contributed by atoms with Crippen LogP contribution in [0.1, 0.15) is 20.8 Å². The Morgan fingerprint density at radius 3 is 2.58 bits per heavy atom. The van der Waals surface area contributed by atoms with Crippen molar-refractivity contribution in [3.63, 3.8) is 0 Å². The SMILES string of the molecule is CC(C)(C)OC(=O)CNC(=O)Nc1cccc(Br)c1. The van der Waals surface area contributed by atoms with E-state index in [0.29, 0.717) is 5.69 Å². The third-order valence-electron chi connectivity index (χ3n) is 1.90. The summed E-state index contributed by atoms with van der Waals surface area (Å²) in [5, 5.41) is 5.05. The van der Waals surface area contributed by atoms with Crippen LogP contribution in [0.3, 0.4) is 0 Å². The summed E-state index contributed by atoms with van der Waals surface area (Å²) in [6, 6.07) is 6.70. The lowest BCUT2D eigenvalue weighted by molar-refractivity contribution is -0.153. The standard InChI is InChI=1S/C13H17BrN2O3/c1-13(2,3)19-11(17)8-15-12(18)16-10-6-4-5-9(14)7-10/h4-7H,8H2,1-3H3,(H2,15,16,18). The number of esters is 1. The van der Waals surface area contributed by atoms with E-state index in [4.69, 9.17) is 4.74 Å². The van der Waals surface area contributed by atoms with E-state index in [1.807, 2.05) is 6.07 Å². The van der Waals surface area contributed by atoms with Gasteiger partial charge in [-0.15, -0.1) is 0 Å². The third kappa shape index (κ3) is 6.81. The molecule has 0 unspecified atom stereocenters. The minimum Gasteiger partial charge on any atom is -0.459 e. The predicted octanol–water partition coefficient (Wildman–Crippen LogP) is 2.91. The lowest BCUT2D eigenvalue weighted by atomic mass is 10.2. The quantitative estimate of drug-likeness (QED) is 0.838. The molecule has 2 amide bonds. The molecule has 0 saturated carbocycles. The van der Waals surface area contributed by atoms with Gasteiger partial charge in [0, 0.05) is 10.2 Å². The second-order valence-corrected chi connectivity index (χ2v) is 5.82. The highest BCUT2D eigenvalue weighted by molar-refractivity contribution is 9.10. The lowest BCUT2D eigenvalue weighted by Gasteiger charge is -2.19. The average Bonchev–Trinajstić information content (AvgIpc) is 2.24. The second kappa shape index (κ2) is 6.56. The van der Waals surface area contributed by atoms with E-state index in [1.54, 1.807) is 39.0 Å². The molecule has 0 heterocycles.